The van der Waals surface area contributed by atoms with Gasteiger partial charge in [-0.15, -0.1) is 0 Å². The molecule has 0 bridgehead atoms. The van der Waals surface area contributed by atoms with E-state index in [-0.39, 0.29) is 12.4 Å². The molecule has 1 atom stereocenters. The monoisotopic (exact) mass is 724 g/mol. The van der Waals surface area contributed by atoms with E-state index in [9.17, 15) is 9.59 Å². The first-order valence-corrected chi connectivity index (χ1v) is 16.0. The molecule has 6 rings (SSSR count). The minimum atomic E-state index is -0.650. The van der Waals surface area contributed by atoms with Gasteiger partial charge in [0.15, 0.2) is 27.8 Å². The highest BCUT2D eigenvalue weighted by molar-refractivity contribution is 14.1. The van der Waals surface area contributed by atoms with Crippen molar-refractivity contribution in [2.24, 2.45) is 4.99 Å². The van der Waals surface area contributed by atoms with Gasteiger partial charge in [0.1, 0.15) is 6.61 Å². The summed E-state index contributed by atoms with van der Waals surface area (Å²) in [5.41, 5.74) is 3.25. The number of methoxy groups -OCH3 is 1. The summed E-state index contributed by atoms with van der Waals surface area (Å²) in [6.07, 6.45) is 2.34. The first-order valence-electron chi connectivity index (χ1n) is 14.1. The summed E-state index contributed by atoms with van der Waals surface area (Å²) in [6.45, 7) is 4.81. The minimum Gasteiger partial charge on any atom is -0.490 e. The Hall–Kier alpha value is -4.10. The quantitative estimate of drug-likeness (QED) is 0.175. The van der Waals surface area contributed by atoms with Gasteiger partial charge in [-0.1, -0.05) is 54.7 Å². The second kappa shape index (κ2) is 12.9. The standard InChI is InChI=1S/C33H29IN2O7S/c1-4-23-28(32(38)39-3)29(21-9-7-6-8-10-21)36-31(37)27(44-33(36)35-23)16-20-13-22(34)30(26(15-20)40-5-2)41-17-19-11-12-24-25(14-19)43-18-42-24/h6-16,29H,4-5,17-18H2,1-3H3/b27-16-/t29-/m1/s1. The number of carbonyl (C=O) groups is 1. The van der Waals surface area contributed by atoms with Crippen LogP contribution >= 0.6 is 33.9 Å². The molecule has 4 aromatic rings. The van der Waals surface area contributed by atoms with Gasteiger partial charge in [0.2, 0.25) is 6.79 Å². The molecular formula is C33H29IN2O7S. The average Bonchev–Trinajstić information content (AvgIpc) is 3.63. The summed E-state index contributed by atoms with van der Waals surface area (Å²) in [7, 11) is 1.34. The van der Waals surface area contributed by atoms with E-state index in [1.54, 1.807) is 4.57 Å². The lowest BCUT2D eigenvalue weighted by Gasteiger charge is -2.25. The SMILES string of the molecule is CCOc1cc(/C=c2\sc3n(c2=O)[C@H](c2ccccc2)C(C(=O)OC)=C(CC)N=3)cc(I)c1OCc1ccc2c(c1)OCO2. The Balaban J connectivity index is 1.39. The van der Waals surface area contributed by atoms with Gasteiger partial charge in [-0.05, 0) is 83.0 Å². The Morgan fingerprint density at radius 3 is 2.64 bits per heavy atom. The maximum absolute atomic E-state index is 14.0. The van der Waals surface area contributed by atoms with Gasteiger partial charge in [-0.25, -0.2) is 9.79 Å². The van der Waals surface area contributed by atoms with Crippen LogP contribution in [0.1, 0.15) is 43.0 Å². The highest BCUT2D eigenvalue weighted by Gasteiger charge is 2.33. The number of halogens is 1. The molecule has 0 unspecified atom stereocenters. The molecule has 0 spiro atoms. The van der Waals surface area contributed by atoms with Crippen molar-refractivity contribution in [1.29, 1.82) is 0 Å². The first-order chi connectivity index (χ1) is 21.4. The molecule has 0 aliphatic carbocycles. The molecule has 0 N–H and O–H groups in total. The molecule has 226 valence electrons. The Morgan fingerprint density at radius 1 is 1.09 bits per heavy atom. The van der Waals surface area contributed by atoms with Gasteiger partial charge in [0.25, 0.3) is 5.56 Å². The number of thiazole rings is 1. The van der Waals surface area contributed by atoms with Crippen LogP contribution in [0.15, 0.2) is 81.7 Å². The lowest BCUT2D eigenvalue weighted by atomic mass is 9.95. The van der Waals surface area contributed by atoms with Crippen molar-refractivity contribution < 1.29 is 28.5 Å². The predicted octanol–water partition coefficient (Wildman–Crippen LogP) is 5.11. The van der Waals surface area contributed by atoms with Crippen LogP contribution < -0.4 is 33.8 Å². The fraction of sp³-hybridized carbons (Fsp3) is 0.242. The number of hydrogen-bond acceptors (Lipinski definition) is 9. The van der Waals surface area contributed by atoms with Crippen LogP contribution in [0.4, 0.5) is 0 Å². The van der Waals surface area contributed by atoms with Crippen molar-refractivity contribution >= 4 is 46.0 Å². The Kier molecular flexibility index (Phi) is 8.76. The molecule has 44 heavy (non-hydrogen) atoms. The Bertz CT molecular complexity index is 1950. The van der Waals surface area contributed by atoms with Crippen LogP contribution in [-0.4, -0.2) is 31.0 Å². The second-order valence-electron chi connectivity index (χ2n) is 9.94. The van der Waals surface area contributed by atoms with Crippen LogP contribution in [0, 0.1) is 3.57 Å². The van der Waals surface area contributed by atoms with Crippen LogP contribution in [-0.2, 0) is 16.1 Å². The van der Waals surface area contributed by atoms with E-state index in [2.05, 4.69) is 22.6 Å². The Labute approximate surface area is 271 Å². The highest BCUT2D eigenvalue weighted by atomic mass is 127. The lowest BCUT2D eigenvalue weighted by molar-refractivity contribution is -0.136. The Morgan fingerprint density at radius 2 is 1.89 bits per heavy atom. The van der Waals surface area contributed by atoms with Crippen molar-refractivity contribution in [3.05, 3.63) is 112 Å². The molecule has 3 aromatic carbocycles. The van der Waals surface area contributed by atoms with Gasteiger partial charge < -0.3 is 23.7 Å². The van der Waals surface area contributed by atoms with Crippen molar-refractivity contribution in [2.45, 2.75) is 32.9 Å². The highest BCUT2D eigenvalue weighted by Crippen LogP contribution is 2.37. The number of nitrogens with zero attached hydrogens (tertiary/aromatic N) is 2. The number of aromatic nitrogens is 1. The van der Waals surface area contributed by atoms with Crippen molar-refractivity contribution in [3.8, 4) is 23.0 Å². The van der Waals surface area contributed by atoms with Crippen molar-refractivity contribution in [1.82, 2.24) is 4.57 Å². The van der Waals surface area contributed by atoms with Gasteiger partial charge >= 0.3 is 5.97 Å². The molecule has 11 heteroatoms. The van der Waals surface area contributed by atoms with E-state index >= 15 is 0 Å². The molecule has 9 nitrogen and oxygen atoms in total. The maximum Gasteiger partial charge on any atom is 0.338 e. The number of allylic oxidation sites excluding steroid dienone is 1. The molecule has 3 heterocycles. The minimum absolute atomic E-state index is 0.213. The third-order valence-corrected chi connectivity index (χ3v) is 9.00. The third kappa shape index (κ3) is 5.73. The third-order valence-electron chi connectivity index (χ3n) is 7.22. The number of benzene rings is 3. The number of ether oxygens (including phenoxy) is 5. The number of carbonyl (C=O) groups excluding carboxylic acids is 1. The summed E-state index contributed by atoms with van der Waals surface area (Å²) in [4.78, 5) is 32.3. The van der Waals surface area contributed by atoms with Crippen molar-refractivity contribution in [3.63, 3.8) is 0 Å². The molecule has 0 radical (unpaired) electrons. The lowest BCUT2D eigenvalue weighted by Crippen LogP contribution is -2.40. The maximum atomic E-state index is 14.0. The smallest absolute Gasteiger partial charge is 0.338 e. The molecule has 0 amide bonds. The van der Waals surface area contributed by atoms with Gasteiger partial charge in [-0.2, -0.15) is 0 Å². The number of hydrogen-bond donors (Lipinski definition) is 0. The van der Waals surface area contributed by atoms with E-state index in [1.165, 1.54) is 18.4 Å². The zero-order valence-corrected chi connectivity index (χ0v) is 27.3. The molecule has 2 aliphatic heterocycles. The fourth-order valence-electron chi connectivity index (χ4n) is 5.23. The molecular weight excluding hydrogens is 695 g/mol. The normalized spacial score (nSPS) is 15.5. The molecule has 1 aromatic heterocycles. The van der Waals surface area contributed by atoms with Crippen molar-refractivity contribution in [2.75, 3.05) is 20.5 Å². The molecule has 0 saturated carbocycles. The first kappa shape index (κ1) is 29.9. The van der Waals surface area contributed by atoms with Gasteiger partial charge in [0.05, 0.1) is 39.1 Å². The zero-order valence-electron chi connectivity index (χ0n) is 24.3. The van der Waals surface area contributed by atoms with E-state index < -0.39 is 12.0 Å². The molecule has 0 saturated heterocycles. The average molecular weight is 725 g/mol. The van der Waals surface area contributed by atoms with E-state index in [4.69, 9.17) is 28.7 Å². The topological polar surface area (TPSA) is 97.6 Å². The second-order valence-corrected chi connectivity index (χ2v) is 12.1. The summed E-state index contributed by atoms with van der Waals surface area (Å²) in [6, 6.07) is 18.4. The largest absolute Gasteiger partial charge is 0.490 e. The summed E-state index contributed by atoms with van der Waals surface area (Å²) in [5, 5.41) is 0. The number of rotatable bonds is 9. The summed E-state index contributed by atoms with van der Waals surface area (Å²) in [5.74, 6) is 2.10. The van der Waals surface area contributed by atoms with Crippen LogP contribution in [0.5, 0.6) is 23.0 Å². The summed E-state index contributed by atoms with van der Waals surface area (Å²) >= 11 is 3.51. The zero-order chi connectivity index (χ0) is 30.8. The number of fused-ring (bicyclic) bond motifs is 2. The number of esters is 1. The van der Waals surface area contributed by atoms with Crippen LogP contribution in [0.25, 0.3) is 6.08 Å². The van der Waals surface area contributed by atoms with E-state index in [1.807, 2.05) is 80.6 Å². The van der Waals surface area contributed by atoms with Crippen LogP contribution in [0.3, 0.4) is 0 Å². The molecule has 0 fully saturated rings. The van der Waals surface area contributed by atoms with E-state index in [0.29, 0.717) is 57.5 Å². The van der Waals surface area contributed by atoms with E-state index in [0.717, 1.165) is 26.0 Å². The van der Waals surface area contributed by atoms with Gasteiger partial charge in [-0.3, -0.25) is 9.36 Å². The van der Waals surface area contributed by atoms with Crippen LogP contribution in [0.2, 0.25) is 0 Å². The fourth-order valence-corrected chi connectivity index (χ4v) is 7.03. The predicted molar refractivity (Wildman–Crippen MR) is 174 cm³/mol. The van der Waals surface area contributed by atoms with Gasteiger partial charge in [0, 0.05) is 0 Å². The summed E-state index contributed by atoms with van der Waals surface area (Å²) < 4.78 is 31.1. The molecule has 2 aliphatic rings.